The SMILES string of the molecule is COc1ccc(C)c(C(C)(C)O)c1Cl. The van der Waals surface area contributed by atoms with Crippen LogP contribution in [-0.4, -0.2) is 12.2 Å². The van der Waals surface area contributed by atoms with Gasteiger partial charge in [0, 0.05) is 5.56 Å². The molecule has 0 atom stereocenters. The van der Waals surface area contributed by atoms with Gasteiger partial charge in [0.05, 0.1) is 17.7 Å². The van der Waals surface area contributed by atoms with Gasteiger partial charge in [-0.3, -0.25) is 0 Å². The van der Waals surface area contributed by atoms with Gasteiger partial charge < -0.3 is 9.84 Å². The summed E-state index contributed by atoms with van der Waals surface area (Å²) in [7, 11) is 1.56. The molecule has 0 saturated carbocycles. The van der Waals surface area contributed by atoms with Crippen LogP contribution in [0.15, 0.2) is 12.1 Å². The van der Waals surface area contributed by atoms with E-state index in [0.717, 1.165) is 11.1 Å². The van der Waals surface area contributed by atoms with E-state index in [2.05, 4.69) is 0 Å². The molecule has 14 heavy (non-hydrogen) atoms. The van der Waals surface area contributed by atoms with Crippen molar-refractivity contribution in [3.63, 3.8) is 0 Å². The molecule has 0 aromatic heterocycles. The molecule has 1 rings (SSSR count). The fourth-order valence-corrected chi connectivity index (χ4v) is 2.08. The van der Waals surface area contributed by atoms with Crippen molar-refractivity contribution in [1.29, 1.82) is 0 Å². The molecule has 1 N–H and O–H groups in total. The number of aryl methyl sites for hydroxylation is 1. The van der Waals surface area contributed by atoms with Gasteiger partial charge in [0.15, 0.2) is 0 Å². The maximum atomic E-state index is 9.93. The lowest BCUT2D eigenvalue weighted by molar-refractivity contribution is 0.0778. The molecule has 0 spiro atoms. The molecule has 1 aromatic rings. The largest absolute Gasteiger partial charge is 0.495 e. The lowest BCUT2D eigenvalue weighted by Crippen LogP contribution is -2.18. The van der Waals surface area contributed by atoms with Crippen LogP contribution in [0.5, 0.6) is 5.75 Å². The Kier molecular flexibility index (Phi) is 3.07. The second kappa shape index (κ2) is 3.79. The molecular formula is C11H15ClO2. The van der Waals surface area contributed by atoms with Crippen molar-refractivity contribution < 1.29 is 9.84 Å². The first-order chi connectivity index (χ1) is 6.38. The number of hydrogen-bond acceptors (Lipinski definition) is 2. The topological polar surface area (TPSA) is 29.5 Å². The Morgan fingerprint density at radius 1 is 1.36 bits per heavy atom. The first kappa shape index (κ1) is 11.3. The number of rotatable bonds is 2. The molecule has 0 fully saturated rings. The highest BCUT2D eigenvalue weighted by atomic mass is 35.5. The monoisotopic (exact) mass is 214 g/mol. The summed E-state index contributed by atoms with van der Waals surface area (Å²) in [5.41, 5.74) is 0.734. The molecule has 0 bridgehead atoms. The lowest BCUT2D eigenvalue weighted by atomic mass is 9.93. The van der Waals surface area contributed by atoms with Gasteiger partial charge in [0.25, 0.3) is 0 Å². The molecule has 0 aliphatic heterocycles. The van der Waals surface area contributed by atoms with Crippen molar-refractivity contribution in [3.8, 4) is 5.75 Å². The average Bonchev–Trinajstić information content (AvgIpc) is 2.02. The second-order valence-electron chi connectivity index (χ2n) is 3.83. The van der Waals surface area contributed by atoms with E-state index in [1.807, 2.05) is 13.0 Å². The number of aliphatic hydroxyl groups is 1. The maximum Gasteiger partial charge on any atom is 0.137 e. The smallest absolute Gasteiger partial charge is 0.137 e. The summed E-state index contributed by atoms with van der Waals surface area (Å²) in [6.45, 7) is 5.33. The second-order valence-corrected chi connectivity index (χ2v) is 4.21. The summed E-state index contributed by atoms with van der Waals surface area (Å²) >= 11 is 6.11. The summed E-state index contributed by atoms with van der Waals surface area (Å²) in [6, 6.07) is 3.69. The number of halogens is 1. The zero-order valence-corrected chi connectivity index (χ0v) is 9.64. The maximum absolute atomic E-state index is 9.93. The molecule has 0 amide bonds. The molecule has 0 heterocycles. The fraction of sp³-hybridized carbons (Fsp3) is 0.455. The minimum atomic E-state index is -0.949. The summed E-state index contributed by atoms with van der Waals surface area (Å²) < 4.78 is 5.09. The Morgan fingerprint density at radius 2 is 1.93 bits per heavy atom. The highest BCUT2D eigenvalue weighted by molar-refractivity contribution is 6.33. The molecule has 3 heteroatoms. The van der Waals surface area contributed by atoms with Crippen molar-refractivity contribution in [2.75, 3.05) is 7.11 Å². The van der Waals surface area contributed by atoms with Gasteiger partial charge in [-0.2, -0.15) is 0 Å². The van der Waals surface area contributed by atoms with Crippen LogP contribution in [0, 0.1) is 6.92 Å². The standard InChI is InChI=1S/C11H15ClO2/c1-7-5-6-8(14-4)10(12)9(7)11(2,3)13/h5-6,13H,1-4H3. The quantitative estimate of drug-likeness (QED) is 0.821. The van der Waals surface area contributed by atoms with Crippen molar-refractivity contribution >= 4 is 11.6 Å². The summed E-state index contributed by atoms with van der Waals surface area (Å²) in [5.74, 6) is 0.592. The van der Waals surface area contributed by atoms with E-state index in [1.54, 1.807) is 27.0 Å². The van der Waals surface area contributed by atoms with Gasteiger partial charge >= 0.3 is 0 Å². The molecule has 1 aromatic carbocycles. The Bertz CT molecular complexity index is 340. The lowest BCUT2D eigenvalue weighted by Gasteiger charge is -2.22. The first-order valence-electron chi connectivity index (χ1n) is 4.44. The van der Waals surface area contributed by atoms with Crippen molar-refractivity contribution in [1.82, 2.24) is 0 Å². The molecule has 0 saturated heterocycles. The highest BCUT2D eigenvalue weighted by Crippen LogP contribution is 2.36. The predicted molar refractivity (Wildman–Crippen MR) is 58.0 cm³/mol. The van der Waals surface area contributed by atoms with E-state index in [4.69, 9.17) is 16.3 Å². The van der Waals surface area contributed by atoms with Crippen LogP contribution in [0.25, 0.3) is 0 Å². The van der Waals surface area contributed by atoms with E-state index >= 15 is 0 Å². The van der Waals surface area contributed by atoms with Crippen LogP contribution in [0.3, 0.4) is 0 Å². The Labute approximate surface area is 89.5 Å². The number of ether oxygens (including phenoxy) is 1. The van der Waals surface area contributed by atoms with Crippen LogP contribution in [0.4, 0.5) is 0 Å². The van der Waals surface area contributed by atoms with E-state index < -0.39 is 5.60 Å². The molecule has 2 nitrogen and oxygen atoms in total. The minimum Gasteiger partial charge on any atom is -0.495 e. The summed E-state index contributed by atoms with van der Waals surface area (Å²) in [4.78, 5) is 0. The zero-order chi connectivity index (χ0) is 10.9. The van der Waals surface area contributed by atoms with Gasteiger partial charge in [0.1, 0.15) is 5.75 Å². The Hall–Kier alpha value is -0.730. The number of benzene rings is 1. The Balaban J connectivity index is 3.40. The van der Waals surface area contributed by atoms with Crippen molar-refractivity contribution in [2.45, 2.75) is 26.4 Å². The van der Waals surface area contributed by atoms with Crippen LogP contribution in [0.1, 0.15) is 25.0 Å². The van der Waals surface area contributed by atoms with Gasteiger partial charge in [-0.25, -0.2) is 0 Å². The zero-order valence-electron chi connectivity index (χ0n) is 8.89. The number of methoxy groups -OCH3 is 1. The predicted octanol–water partition coefficient (Wildman–Crippen LogP) is 2.88. The van der Waals surface area contributed by atoms with Gasteiger partial charge in [0.2, 0.25) is 0 Å². The first-order valence-corrected chi connectivity index (χ1v) is 4.81. The van der Waals surface area contributed by atoms with Crippen LogP contribution in [-0.2, 0) is 5.60 Å². The van der Waals surface area contributed by atoms with Crippen LogP contribution < -0.4 is 4.74 Å². The van der Waals surface area contributed by atoms with Gasteiger partial charge in [-0.1, -0.05) is 17.7 Å². The average molecular weight is 215 g/mol. The van der Waals surface area contributed by atoms with Crippen LogP contribution >= 0.6 is 11.6 Å². The fourth-order valence-electron chi connectivity index (χ4n) is 1.56. The molecule has 78 valence electrons. The van der Waals surface area contributed by atoms with E-state index in [0.29, 0.717) is 10.8 Å². The normalized spacial score (nSPS) is 11.6. The van der Waals surface area contributed by atoms with E-state index in [1.165, 1.54) is 0 Å². The van der Waals surface area contributed by atoms with E-state index in [9.17, 15) is 5.11 Å². The minimum absolute atomic E-state index is 0.486. The number of hydrogen-bond donors (Lipinski definition) is 1. The van der Waals surface area contributed by atoms with E-state index in [-0.39, 0.29) is 0 Å². The van der Waals surface area contributed by atoms with Crippen LogP contribution in [0.2, 0.25) is 5.02 Å². The molecular weight excluding hydrogens is 200 g/mol. The third-order valence-electron chi connectivity index (χ3n) is 2.15. The molecule has 0 aliphatic carbocycles. The van der Waals surface area contributed by atoms with Crippen molar-refractivity contribution in [3.05, 3.63) is 28.3 Å². The summed E-state index contributed by atoms with van der Waals surface area (Å²) in [6.07, 6.45) is 0. The van der Waals surface area contributed by atoms with Gasteiger partial charge in [-0.05, 0) is 32.4 Å². The molecule has 0 unspecified atom stereocenters. The molecule has 0 radical (unpaired) electrons. The van der Waals surface area contributed by atoms with Gasteiger partial charge in [-0.15, -0.1) is 0 Å². The summed E-state index contributed by atoms with van der Waals surface area (Å²) in [5, 5.41) is 10.4. The van der Waals surface area contributed by atoms with Crippen molar-refractivity contribution in [2.24, 2.45) is 0 Å². The third-order valence-corrected chi connectivity index (χ3v) is 2.52. The highest BCUT2D eigenvalue weighted by Gasteiger charge is 2.23. The Morgan fingerprint density at radius 3 is 2.36 bits per heavy atom. The molecule has 0 aliphatic rings. The third kappa shape index (κ3) is 2.02.